The number of carbonyl (C=O) groups excluding carboxylic acids is 1. The summed E-state index contributed by atoms with van der Waals surface area (Å²) in [5.41, 5.74) is 1.70. The molecule has 1 heterocycles. The van der Waals surface area contributed by atoms with Gasteiger partial charge in [0, 0.05) is 17.7 Å². The highest BCUT2D eigenvalue weighted by Crippen LogP contribution is 2.28. The van der Waals surface area contributed by atoms with Crippen LogP contribution >= 0.6 is 11.8 Å². The molecule has 0 aliphatic rings. The van der Waals surface area contributed by atoms with E-state index in [-0.39, 0.29) is 10.8 Å². The van der Waals surface area contributed by atoms with E-state index in [0.717, 1.165) is 22.5 Å². The number of hydrogen-bond donors (Lipinski definition) is 1. The maximum atomic E-state index is 12.7. The van der Waals surface area contributed by atoms with E-state index in [1.807, 2.05) is 36.4 Å². The second kappa shape index (κ2) is 6.03. The van der Waals surface area contributed by atoms with Crippen molar-refractivity contribution in [1.29, 1.82) is 0 Å². The van der Waals surface area contributed by atoms with Gasteiger partial charge in [0.1, 0.15) is 0 Å². The van der Waals surface area contributed by atoms with Crippen molar-refractivity contribution in [3.8, 4) is 0 Å². The van der Waals surface area contributed by atoms with Crippen LogP contribution in [0.15, 0.2) is 65.8 Å². The summed E-state index contributed by atoms with van der Waals surface area (Å²) < 4.78 is 0. The van der Waals surface area contributed by atoms with Crippen LogP contribution in [0.4, 0.5) is 5.69 Å². The summed E-state index contributed by atoms with van der Waals surface area (Å²) in [5.74, 6) is 0. The number of aromatic nitrogens is 2. The van der Waals surface area contributed by atoms with E-state index in [9.17, 15) is 14.9 Å². The number of carbonyl (C=O) groups is 1. The lowest BCUT2D eigenvalue weighted by atomic mass is 10.1. The van der Waals surface area contributed by atoms with E-state index in [4.69, 9.17) is 0 Å². The largest absolute Gasteiger partial charge is 0.332 e. The highest BCUT2D eigenvalue weighted by Gasteiger charge is 2.15. The topological polar surface area (TPSA) is 88.9 Å². The monoisotopic (exact) mass is 349 g/mol. The van der Waals surface area contributed by atoms with Gasteiger partial charge >= 0.3 is 0 Å². The number of benzene rings is 3. The molecular weight excluding hydrogens is 338 g/mol. The van der Waals surface area contributed by atoms with Crippen molar-refractivity contribution in [2.75, 3.05) is 0 Å². The predicted octanol–water partition coefficient (Wildman–Crippen LogP) is 4.56. The molecule has 122 valence electrons. The number of aromatic amines is 1. The number of hydrogen-bond acceptors (Lipinski definition) is 5. The number of rotatable bonds is 3. The first-order chi connectivity index (χ1) is 12.1. The Morgan fingerprint density at radius 1 is 1.08 bits per heavy atom. The summed E-state index contributed by atoms with van der Waals surface area (Å²) in [6.07, 6.45) is 0. The molecule has 0 amide bonds. The van der Waals surface area contributed by atoms with Gasteiger partial charge in [-0.15, -0.1) is 0 Å². The number of H-pyrrole nitrogens is 1. The molecule has 0 aliphatic heterocycles. The van der Waals surface area contributed by atoms with E-state index in [1.165, 1.54) is 12.1 Å². The molecular formula is C18H11N3O3S. The van der Waals surface area contributed by atoms with Gasteiger partial charge in [0.15, 0.2) is 5.16 Å². The molecule has 25 heavy (non-hydrogen) atoms. The van der Waals surface area contributed by atoms with Gasteiger partial charge in [-0.2, -0.15) is 0 Å². The molecule has 0 spiro atoms. The van der Waals surface area contributed by atoms with Gasteiger partial charge in [-0.1, -0.05) is 36.4 Å². The Morgan fingerprint density at radius 2 is 1.88 bits per heavy atom. The minimum absolute atomic E-state index is 0.0203. The van der Waals surface area contributed by atoms with Gasteiger partial charge in [-0.05, 0) is 34.7 Å². The third kappa shape index (κ3) is 2.85. The number of nitro benzene ring substituents is 1. The first-order valence-electron chi connectivity index (χ1n) is 7.46. The lowest BCUT2D eigenvalue weighted by molar-refractivity contribution is -0.384. The second-order valence-corrected chi connectivity index (χ2v) is 6.38. The summed E-state index contributed by atoms with van der Waals surface area (Å²) in [4.78, 5) is 30.4. The average Bonchev–Trinajstić information content (AvgIpc) is 3.02. The van der Waals surface area contributed by atoms with Crippen LogP contribution in [0, 0.1) is 10.1 Å². The molecule has 0 atom stereocenters. The van der Waals surface area contributed by atoms with Gasteiger partial charge in [0.2, 0.25) is 5.12 Å². The van der Waals surface area contributed by atoms with Crippen molar-refractivity contribution in [3.63, 3.8) is 0 Å². The Hall–Kier alpha value is -3.19. The fourth-order valence-corrected chi connectivity index (χ4v) is 3.45. The Bertz CT molecular complexity index is 1130. The van der Waals surface area contributed by atoms with Gasteiger partial charge in [0.05, 0.1) is 16.0 Å². The number of fused-ring (bicyclic) bond motifs is 2. The molecule has 1 N–H and O–H groups in total. The molecule has 0 saturated carbocycles. The third-order valence-electron chi connectivity index (χ3n) is 3.85. The van der Waals surface area contributed by atoms with Crippen molar-refractivity contribution in [2.24, 2.45) is 0 Å². The van der Waals surface area contributed by atoms with E-state index in [2.05, 4.69) is 9.97 Å². The summed E-state index contributed by atoms with van der Waals surface area (Å²) in [6, 6.07) is 17.6. The van der Waals surface area contributed by atoms with E-state index in [0.29, 0.717) is 21.8 Å². The van der Waals surface area contributed by atoms with Crippen LogP contribution in [0.2, 0.25) is 0 Å². The van der Waals surface area contributed by atoms with Crippen molar-refractivity contribution in [3.05, 3.63) is 76.3 Å². The van der Waals surface area contributed by atoms with Crippen molar-refractivity contribution >= 4 is 44.4 Å². The molecule has 0 bridgehead atoms. The Kier molecular flexibility index (Phi) is 3.70. The summed E-state index contributed by atoms with van der Waals surface area (Å²) in [7, 11) is 0. The van der Waals surface area contributed by atoms with Gasteiger partial charge in [-0.3, -0.25) is 14.9 Å². The standard InChI is InChI=1S/C18H11N3O3S/c22-17(14-7-3-5-11-4-1-2-6-13(11)14)25-18-19-15-9-8-12(21(23)24)10-16(15)20-18/h1-10H,(H,19,20). The normalized spacial score (nSPS) is 11.0. The molecule has 3 aromatic carbocycles. The molecule has 0 fully saturated rings. The van der Waals surface area contributed by atoms with Crippen molar-refractivity contribution in [1.82, 2.24) is 9.97 Å². The lowest BCUT2D eigenvalue weighted by Gasteiger charge is -2.03. The summed E-state index contributed by atoms with van der Waals surface area (Å²) in [5, 5.41) is 13.0. The molecule has 0 unspecified atom stereocenters. The number of non-ortho nitro benzene ring substituents is 1. The zero-order valence-corrected chi connectivity index (χ0v) is 13.6. The maximum Gasteiger partial charge on any atom is 0.271 e. The minimum Gasteiger partial charge on any atom is -0.332 e. The highest BCUT2D eigenvalue weighted by molar-refractivity contribution is 8.14. The van der Waals surface area contributed by atoms with Gasteiger partial charge in [0.25, 0.3) is 5.69 Å². The number of nitrogens with one attached hydrogen (secondary N) is 1. The average molecular weight is 349 g/mol. The molecule has 6 nitrogen and oxygen atoms in total. The summed E-state index contributed by atoms with van der Waals surface area (Å²) in [6.45, 7) is 0. The molecule has 1 aromatic heterocycles. The number of thioether (sulfide) groups is 1. The van der Waals surface area contributed by atoms with Crippen LogP contribution in [-0.4, -0.2) is 20.0 Å². The van der Waals surface area contributed by atoms with E-state index < -0.39 is 4.92 Å². The van der Waals surface area contributed by atoms with Crippen molar-refractivity contribution in [2.45, 2.75) is 5.16 Å². The van der Waals surface area contributed by atoms with Crippen molar-refractivity contribution < 1.29 is 9.72 Å². The Morgan fingerprint density at radius 3 is 2.72 bits per heavy atom. The van der Waals surface area contributed by atoms with Crippen LogP contribution < -0.4 is 0 Å². The zero-order chi connectivity index (χ0) is 17.4. The Labute approximate surface area is 146 Å². The number of imidazole rings is 1. The molecule has 0 saturated heterocycles. The lowest BCUT2D eigenvalue weighted by Crippen LogP contribution is -1.95. The first-order valence-corrected chi connectivity index (χ1v) is 8.27. The first kappa shape index (κ1) is 15.3. The minimum atomic E-state index is -0.464. The smallest absolute Gasteiger partial charge is 0.271 e. The van der Waals surface area contributed by atoms with Crippen LogP contribution in [0.3, 0.4) is 0 Å². The van der Waals surface area contributed by atoms with Crippen LogP contribution in [0.25, 0.3) is 21.8 Å². The molecule has 0 aliphatic carbocycles. The Balaban J connectivity index is 1.68. The van der Waals surface area contributed by atoms with Crippen LogP contribution in [0.5, 0.6) is 0 Å². The fourth-order valence-electron chi connectivity index (χ4n) is 2.68. The maximum absolute atomic E-state index is 12.7. The zero-order valence-electron chi connectivity index (χ0n) is 12.8. The molecule has 0 radical (unpaired) electrons. The second-order valence-electron chi connectivity index (χ2n) is 5.42. The van der Waals surface area contributed by atoms with E-state index in [1.54, 1.807) is 12.1 Å². The highest BCUT2D eigenvalue weighted by atomic mass is 32.2. The van der Waals surface area contributed by atoms with Gasteiger partial charge < -0.3 is 4.98 Å². The number of nitrogens with zero attached hydrogens (tertiary/aromatic N) is 2. The van der Waals surface area contributed by atoms with Crippen LogP contribution in [-0.2, 0) is 0 Å². The number of nitro groups is 1. The fraction of sp³-hybridized carbons (Fsp3) is 0. The quantitative estimate of drug-likeness (QED) is 0.333. The van der Waals surface area contributed by atoms with E-state index >= 15 is 0 Å². The molecule has 4 rings (SSSR count). The SMILES string of the molecule is O=C(Sc1nc2ccc([N+](=O)[O-])cc2[nH]1)c1cccc2ccccc12. The van der Waals surface area contributed by atoms with Gasteiger partial charge in [-0.25, -0.2) is 4.98 Å². The van der Waals surface area contributed by atoms with Crippen LogP contribution in [0.1, 0.15) is 10.4 Å². The molecule has 4 aromatic rings. The molecule has 7 heteroatoms. The predicted molar refractivity (Wildman–Crippen MR) is 96.9 cm³/mol. The summed E-state index contributed by atoms with van der Waals surface area (Å²) >= 11 is 0.976. The third-order valence-corrected chi connectivity index (χ3v) is 4.65.